The van der Waals surface area contributed by atoms with Gasteiger partial charge in [-0.15, -0.1) is 0 Å². The van der Waals surface area contributed by atoms with Crippen molar-refractivity contribution in [3.63, 3.8) is 0 Å². The molecule has 4 rings (SSSR count). The molecule has 2 fully saturated rings. The number of aryl methyl sites for hydroxylation is 1. The molecule has 2 saturated heterocycles. The molecule has 2 aliphatic heterocycles. The number of ether oxygens (including phenoxy) is 2. The van der Waals surface area contributed by atoms with E-state index in [1.54, 1.807) is 0 Å². The Bertz CT molecular complexity index is 1070. The third kappa shape index (κ3) is 9.16. The molecular formula is C28H33ClN2O7. The summed E-state index contributed by atoms with van der Waals surface area (Å²) >= 11 is 6.34. The summed E-state index contributed by atoms with van der Waals surface area (Å²) in [5, 5.41) is 16.4. The van der Waals surface area contributed by atoms with Crippen LogP contribution >= 0.6 is 11.6 Å². The van der Waals surface area contributed by atoms with Crippen LogP contribution in [0, 0.1) is 0 Å². The lowest BCUT2D eigenvalue weighted by Crippen LogP contribution is -2.41. The maximum Gasteiger partial charge on any atom is 0.410 e. The van der Waals surface area contributed by atoms with E-state index < -0.39 is 11.9 Å². The van der Waals surface area contributed by atoms with Crippen molar-refractivity contribution in [1.29, 1.82) is 0 Å². The smallest absolute Gasteiger partial charge is 0.410 e. The molecule has 2 aromatic rings. The molecule has 0 aromatic heterocycles. The second-order valence-electron chi connectivity index (χ2n) is 8.95. The Morgan fingerprint density at radius 2 is 1.63 bits per heavy atom. The Morgan fingerprint density at radius 1 is 1.00 bits per heavy atom. The summed E-state index contributed by atoms with van der Waals surface area (Å²) in [6.07, 6.45) is 3.43. The van der Waals surface area contributed by atoms with Gasteiger partial charge in [-0.1, -0.05) is 60.1 Å². The molecule has 2 unspecified atom stereocenters. The van der Waals surface area contributed by atoms with Gasteiger partial charge in [0.05, 0.1) is 25.3 Å². The van der Waals surface area contributed by atoms with Crippen molar-refractivity contribution >= 4 is 29.6 Å². The van der Waals surface area contributed by atoms with Gasteiger partial charge in [0.15, 0.2) is 0 Å². The molecule has 1 amide bonds. The fourth-order valence-electron chi connectivity index (χ4n) is 4.51. The number of amides is 1. The lowest BCUT2D eigenvalue weighted by atomic mass is 9.98. The lowest BCUT2D eigenvalue weighted by molar-refractivity contribution is -0.134. The first-order valence-corrected chi connectivity index (χ1v) is 12.9. The first kappa shape index (κ1) is 29.2. The molecule has 0 spiro atoms. The van der Waals surface area contributed by atoms with Gasteiger partial charge < -0.3 is 19.7 Å². The van der Waals surface area contributed by atoms with Crippen LogP contribution in [0.4, 0.5) is 4.79 Å². The number of hydrogen-bond donors (Lipinski definition) is 2. The van der Waals surface area contributed by atoms with Gasteiger partial charge >= 0.3 is 18.0 Å². The fourth-order valence-corrected chi connectivity index (χ4v) is 4.74. The molecule has 2 N–H and O–H groups in total. The standard InChI is InChI=1S/C24H29ClN2O3.C4H4O4/c25-22-9-5-4-6-19(22)10-11-21-18-30-24(28)27(21)23(20-7-2-1-3-8-20)12-13-26-14-16-29-17-15-26;5-3(6)1-2-4(7)8/h1-9,21,23H,10-18H2;1-2H,(H,5,6)(H,7,8)/b;2-1+. The Balaban J connectivity index is 0.000000436. The molecule has 2 aromatic carbocycles. The molecule has 38 heavy (non-hydrogen) atoms. The number of morpholine rings is 1. The summed E-state index contributed by atoms with van der Waals surface area (Å²) in [7, 11) is 0. The summed E-state index contributed by atoms with van der Waals surface area (Å²) in [6, 6.07) is 18.3. The highest BCUT2D eigenvalue weighted by atomic mass is 35.5. The van der Waals surface area contributed by atoms with Crippen LogP contribution in [0.5, 0.6) is 0 Å². The molecule has 0 saturated carbocycles. The minimum atomic E-state index is -1.26. The predicted octanol–water partition coefficient (Wildman–Crippen LogP) is 4.27. The summed E-state index contributed by atoms with van der Waals surface area (Å²) in [5.74, 6) is -2.51. The maximum absolute atomic E-state index is 12.8. The number of hydrogen-bond acceptors (Lipinski definition) is 6. The number of carbonyl (C=O) groups is 3. The van der Waals surface area contributed by atoms with Crippen LogP contribution in [0.25, 0.3) is 0 Å². The molecule has 10 heteroatoms. The van der Waals surface area contributed by atoms with Crippen LogP contribution < -0.4 is 0 Å². The average molecular weight is 545 g/mol. The quantitative estimate of drug-likeness (QED) is 0.426. The summed E-state index contributed by atoms with van der Waals surface area (Å²) < 4.78 is 11.0. The van der Waals surface area contributed by atoms with Crippen molar-refractivity contribution < 1.29 is 34.1 Å². The van der Waals surface area contributed by atoms with Crippen molar-refractivity contribution in [2.24, 2.45) is 0 Å². The first-order valence-electron chi connectivity index (χ1n) is 12.5. The topological polar surface area (TPSA) is 117 Å². The Hall–Kier alpha value is -3.40. The number of halogens is 1. The Labute approximate surface area is 227 Å². The van der Waals surface area contributed by atoms with Crippen molar-refractivity contribution in [2.75, 3.05) is 39.5 Å². The average Bonchev–Trinajstić information content (AvgIpc) is 3.28. The number of nitrogens with zero attached hydrogens (tertiary/aromatic N) is 2. The maximum atomic E-state index is 12.8. The molecule has 0 bridgehead atoms. The SMILES string of the molecule is O=C(O)/C=C/C(=O)O.O=C1OCC(CCc2ccccc2Cl)N1C(CCN1CCOCC1)c1ccccc1. The van der Waals surface area contributed by atoms with E-state index in [-0.39, 0.29) is 18.2 Å². The third-order valence-electron chi connectivity index (χ3n) is 6.42. The van der Waals surface area contributed by atoms with Gasteiger partial charge in [-0.05, 0) is 36.5 Å². The summed E-state index contributed by atoms with van der Waals surface area (Å²) in [5.41, 5.74) is 2.27. The highest BCUT2D eigenvalue weighted by Gasteiger charge is 2.38. The minimum absolute atomic E-state index is 0.000269. The third-order valence-corrected chi connectivity index (χ3v) is 6.79. The van der Waals surface area contributed by atoms with Crippen LogP contribution in [0.3, 0.4) is 0 Å². The van der Waals surface area contributed by atoms with Crippen LogP contribution in [-0.2, 0) is 25.5 Å². The van der Waals surface area contributed by atoms with E-state index in [1.807, 2.05) is 41.3 Å². The number of carbonyl (C=O) groups excluding carboxylic acids is 1. The molecular weight excluding hydrogens is 512 g/mol. The second-order valence-corrected chi connectivity index (χ2v) is 9.35. The first-order chi connectivity index (χ1) is 18.3. The molecule has 0 aliphatic carbocycles. The van der Waals surface area contributed by atoms with Crippen LogP contribution in [0.2, 0.25) is 5.02 Å². The van der Waals surface area contributed by atoms with Gasteiger partial charge in [0.1, 0.15) is 6.61 Å². The van der Waals surface area contributed by atoms with Crippen molar-refractivity contribution in [3.8, 4) is 0 Å². The predicted molar refractivity (Wildman–Crippen MR) is 142 cm³/mol. The molecule has 2 heterocycles. The van der Waals surface area contributed by atoms with Gasteiger partial charge in [-0.25, -0.2) is 14.4 Å². The molecule has 204 valence electrons. The normalized spacial score (nSPS) is 18.5. The van der Waals surface area contributed by atoms with Gasteiger partial charge in [0.2, 0.25) is 0 Å². The van der Waals surface area contributed by atoms with Crippen LogP contribution in [0.1, 0.15) is 30.0 Å². The number of aliphatic carboxylic acids is 2. The van der Waals surface area contributed by atoms with E-state index in [0.29, 0.717) is 18.8 Å². The number of carboxylic acids is 2. The highest BCUT2D eigenvalue weighted by Crippen LogP contribution is 2.33. The van der Waals surface area contributed by atoms with Gasteiger partial charge in [0.25, 0.3) is 0 Å². The largest absolute Gasteiger partial charge is 0.478 e. The van der Waals surface area contributed by atoms with E-state index in [2.05, 4.69) is 23.1 Å². The van der Waals surface area contributed by atoms with Gasteiger partial charge in [-0.2, -0.15) is 0 Å². The molecule has 0 radical (unpaired) electrons. The van der Waals surface area contributed by atoms with E-state index in [1.165, 1.54) is 0 Å². The van der Waals surface area contributed by atoms with Crippen LogP contribution in [0.15, 0.2) is 66.7 Å². The number of cyclic esters (lactones) is 1. The van der Waals surface area contributed by atoms with E-state index in [9.17, 15) is 14.4 Å². The number of benzene rings is 2. The minimum Gasteiger partial charge on any atom is -0.478 e. The van der Waals surface area contributed by atoms with Crippen molar-refractivity contribution in [3.05, 3.63) is 82.9 Å². The summed E-state index contributed by atoms with van der Waals surface area (Å²) in [6.45, 7) is 4.82. The zero-order valence-electron chi connectivity index (χ0n) is 21.1. The number of rotatable bonds is 10. The zero-order chi connectivity index (χ0) is 27.3. The zero-order valence-corrected chi connectivity index (χ0v) is 21.8. The van der Waals surface area contributed by atoms with E-state index in [0.717, 1.165) is 68.3 Å². The van der Waals surface area contributed by atoms with Crippen molar-refractivity contribution in [2.45, 2.75) is 31.3 Å². The Morgan fingerprint density at radius 3 is 2.26 bits per heavy atom. The van der Waals surface area contributed by atoms with Crippen molar-refractivity contribution in [1.82, 2.24) is 9.80 Å². The monoisotopic (exact) mass is 544 g/mol. The van der Waals surface area contributed by atoms with Crippen LogP contribution in [-0.4, -0.2) is 83.5 Å². The molecule has 2 aliphatic rings. The highest BCUT2D eigenvalue weighted by molar-refractivity contribution is 6.31. The van der Waals surface area contributed by atoms with Gasteiger partial charge in [-0.3, -0.25) is 9.80 Å². The van der Waals surface area contributed by atoms with Gasteiger partial charge in [0, 0.05) is 36.8 Å². The van der Waals surface area contributed by atoms with E-state index in [4.69, 9.17) is 31.3 Å². The Kier molecular flexibility index (Phi) is 11.6. The summed E-state index contributed by atoms with van der Waals surface area (Å²) in [4.78, 5) is 36.3. The lowest BCUT2D eigenvalue weighted by Gasteiger charge is -2.34. The molecule has 9 nitrogen and oxygen atoms in total. The second kappa shape index (κ2) is 15.1. The fraction of sp³-hybridized carbons (Fsp3) is 0.393. The van der Waals surface area contributed by atoms with E-state index >= 15 is 0 Å². The molecule has 2 atom stereocenters. The number of carboxylic acid groups (broad SMARTS) is 2.